The summed E-state index contributed by atoms with van der Waals surface area (Å²) in [5.74, 6) is -1.44. The van der Waals surface area contributed by atoms with Crippen molar-refractivity contribution in [3.05, 3.63) is 59.7 Å². The fraction of sp³-hybridized carbons (Fsp3) is 0.348. The molecule has 0 spiro atoms. The highest BCUT2D eigenvalue weighted by atomic mass is 16.2. The third-order valence-electron chi connectivity index (χ3n) is 5.27. The van der Waals surface area contributed by atoms with Crippen molar-refractivity contribution < 1.29 is 14.4 Å². The van der Waals surface area contributed by atoms with Gasteiger partial charge in [0.05, 0.1) is 11.1 Å². The Morgan fingerprint density at radius 2 is 1.45 bits per heavy atom. The molecular weight excluding hydrogens is 366 g/mol. The van der Waals surface area contributed by atoms with Crippen LogP contribution in [0.2, 0.25) is 0 Å². The van der Waals surface area contributed by atoms with Gasteiger partial charge in [0, 0.05) is 24.5 Å². The van der Waals surface area contributed by atoms with Crippen molar-refractivity contribution >= 4 is 29.1 Å². The molecule has 6 heteroatoms. The van der Waals surface area contributed by atoms with Crippen molar-refractivity contribution in [2.45, 2.75) is 33.7 Å². The van der Waals surface area contributed by atoms with Crippen LogP contribution in [-0.2, 0) is 4.79 Å². The molecule has 6 nitrogen and oxygen atoms in total. The van der Waals surface area contributed by atoms with E-state index in [1.165, 1.54) is 0 Å². The normalized spacial score (nSPS) is 14.2. The molecule has 0 aromatic heterocycles. The molecule has 1 aliphatic rings. The van der Waals surface area contributed by atoms with Crippen LogP contribution >= 0.6 is 0 Å². The Labute approximate surface area is 171 Å². The van der Waals surface area contributed by atoms with Gasteiger partial charge in [0.25, 0.3) is 11.8 Å². The molecule has 3 amide bonds. The highest BCUT2D eigenvalue weighted by Gasteiger charge is 2.43. The molecule has 1 atom stereocenters. The van der Waals surface area contributed by atoms with E-state index in [1.807, 2.05) is 38.1 Å². The molecule has 1 heterocycles. The van der Waals surface area contributed by atoms with Gasteiger partial charge >= 0.3 is 0 Å². The second-order valence-corrected chi connectivity index (χ2v) is 7.42. The van der Waals surface area contributed by atoms with E-state index in [9.17, 15) is 14.4 Å². The monoisotopic (exact) mass is 393 g/mol. The third-order valence-corrected chi connectivity index (χ3v) is 5.27. The summed E-state index contributed by atoms with van der Waals surface area (Å²) in [4.78, 5) is 42.0. The number of carbonyl (C=O) groups excluding carboxylic acids is 3. The number of fused-ring (bicyclic) bond motifs is 1. The average Bonchev–Trinajstić information content (AvgIpc) is 2.96. The highest BCUT2D eigenvalue weighted by molar-refractivity contribution is 6.23. The average molecular weight is 393 g/mol. The van der Waals surface area contributed by atoms with E-state index in [-0.39, 0.29) is 11.8 Å². The fourth-order valence-electron chi connectivity index (χ4n) is 3.74. The Morgan fingerprint density at radius 1 is 0.931 bits per heavy atom. The molecule has 1 aliphatic heterocycles. The van der Waals surface area contributed by atoms with E-state index in [1.54, 1.807) is 24.3 Å². The van der Waals surface area contributed by atoms with Crippen LogP contribution in [0.3, 0.4) is 0 Å². The summed E-state index contributed by atoms with van der Waals surface area (Å²) in [6.07, 6.45) is 0. The summed E-state index contributed by atoms with van der Waals surface area (Å²) < 4.78 is 0. The van der Waals surface area contributed by atoms with E-state index >= 15 is 0 Å². The van der Waals surface area contributed by atoms with Crippen molar-refractivity contribution in [1.82, 2.24) is 4.90 Å². The molecule has 0 saturated carbocycles. The van der Waals surface area contributed by atoms with Crippen LogP contribution in [-0.4, -0.2) is 41.8 Å². The minimum atomic E-state index is -0.884. The quantitative estimate of drug-likeness (QED) is 0.727. The van der Waals surface area contributed by atoms with Crippen molar-refractivity contribution in [1.29, 1.82) is 0 Å². The number of amides is 3. The summed E-state index contributed by atoms with van der Waals surface area (Å²) >= 11 is 0. The number of rotatable bonds is 7. The molecule has 0 radical (unpaired) electrons. The van der Waals surface area contributed by atoms with Gasteiger partial charge in [-0.3, -0.25) is 19.3 Å². The number of nitrogens with zero attached hydrogens (tertiary/aromatic N) is 2. The van der Waals surface area contributed by atoms with Crippen LogP contribution in [0.4, 0.5) is 11.4 Å². The van der Waals surface area contributed by atoms with E-state index in [4.69, 9.17) is 0 Å². The van der Waals surface area contributed by atoms with Gasteiger partial charge in [-0.05, 0) is 56.2 Å². The molecular formula is C23H27N3O3. The number of nitrogens with one attached hydrogen (secondary N) is 1. The lowest BCUT2D eigenvalue weighted by molar-refractivity contribution is -0.121. The Bertz CT molecular complexity index is 882. The first-order valence-corrected chi connectivity index (χ1v) is 10.0. The molecule has 29 heavy (non-hydrogen) atoms. The number of hydrogen-bond donors (Lipinski definition) is 1. The molecule has 0 fully saturated rings. The summed E-state index contributed by atoms with van der Waals surface area (Å²) in [5.41, 5.74) is 2.40. The van der Waals surface area contributed by atoms with Gasteiger partial charge in [-0.25, -0.2) is 0 Å². The van der Waals surface area contributed by atoms with Crippen LogP contribution in [0.1, 0.15) is 48.4 Å². The Balaban J connectivity index is 1.81. The van der Waals surface area contributed by atoms with Gasteiger partial charge in [0.1, 0.15) is 6.04 Å². The predicted molar refractivity (Wildman–Crippen MR) is 114 cm³/mol. The lowest BCUT2D eigenvalue weighted by Crippen LogP contribution is -2.50. The topological polar surface area (TPSA) is 69.7 Å². The fourth-order valence-corrected chi connectivity index (χ4v) is 3.74. The number of carbonyl (C=O) groups is 3. The van der Waals surface area contributed by atoms with Crippen LogP contribution in [0.25, 0.3) is 0 Å². The maximum atomic E-state index is 13.0. The minimum Gasteiger partial charge on any atom is -0.372 e. The van der Waals surface area contributed by atoms with Crippen molar-refractivity contribution in [3.8, 4) is 0 Å². The Morgan fingerprint density at radius 3 is 1.90 bits per heavy atom. The zero-order chi connectivity index (χ0) is 21.1. The number of anilines is 2. The highest BCUT2D eigenvalue weighted by Crippen LogP contribution is 2.28. The molecule has 152 valence electrons. The van der Waals surface area contributed by atoms with Crippen LogP contribution in [0, 0.1) is 5.92 Å². The molecule has 2 aromatic carbocycles. The van der Waals surface area contributed by atoms with Gasteiger partial charge in [0.2, 0.25) is 5.91 Å². The molecule has 2 aromatic rings. The van der Waals surface area contributed by atoms with Crippen LogP contribution in [0.15, 0.2) is 48.5 Å². The molecule has 0 saturated heterocycles. The van der Waals surface area contributed by atoms with Crippen molar-refractivity contribution in [2.75, 3.05) is 23.3 Å². The van der Waals surface area contributed by atoms with Gasteiger partial charge in [-0.2, -0.15) is 0 Å². The molecule has 1 N–H and O–H groups in total. The molecule has 3 rings (SSSR count). The van der Waals surface area contributed by atoms with E-state index in [0.717, 1.165) is 23.7 Å². The predicted octanol–water partition coefficient (Wildman–Crippen LogP) is 3.79. The van der Waals surface area contributed by atoms with Crippen molar-refractivity contribution in [3.63, 3.8) is 0 Å². The summed E-state index contributed by atoms with van der Waals surface area (Å²) in [7, 11) is 0. The van der Waals surface area contributed by atoms with Gasteiger partial charge in [0.15, 0.2) is 0 Å². The van der Waals surface area contributed by atoms with E-state index in [2.05, 4.69) is 24.1 Å². The van der Waals surface area contributed by atoms with E-state index in [0.29, 0.717) is 16.8 Å². The number of hydrogen-bond acceptors (Lipinski definition) is 4. The van der Waals surface area contributed by atoms with Gasteiger partial charge in [-0.15, -0.1) is 0 Å². The molecule has 0 bridgehead atoms. The second kappa shape index (κ2) is 8.47. The SMILES string of the molecule is CCN(CC)c1ccc(NC(=O)[C@H](C(C)C)N2C(=O)c3ccccc3C2=O)cc1. The van der Waals surface area contributed by atoms with E-state index < -0.39 is 17.9 Å². The summed E-state index contributed by atoms with van der Waals surface area (Å²) in [6.45, 7) is 9.65. The summed E-state index contributed by atoms with van der Waals surface area (Å²) in [5, 5.41) is 2.87. The third kappa shape index (κ3) is 3.88. The number of benzene rings is 2. The first-order chi connectivity index (χ1) is 13.9. The lowest BCUT2D eigenvalue weighted by Gasteiger charge is -2.28. The Hall–Kier alpha value is -3.15. The van der Waals surface area contributed by atoms with Crippen molar-refractivity contribution in [2.24, 2.45) is 5.92 Å². The molecule has 0 unspecified atom stereocenters. The zero-order valence-corrected chi connectivity index (χ0v) is 17.3. The molecule has 0 aliphatic carbocycles. The first-order valence-electron chi connectivity index (χ1n) is 10.0. The largest absolute Gasteiger partial charge is 0.372 e. The zero-order valence-electron chi connectivity index (χ0n) is 17.3. The van der Waals surface area contributed by atoms with Crippen LogP contribution < -0.4 is 10.2 Å². The maximum absolute atomic E-state index is 13.0. The minimum absolute atomic E-state index is 0.229. The van der Waals surface area contributed by atoms with Gasteiger partial charge in [-0.1, -0.05) is 26.0 Å². The van der Waals surface area contributed by atoms with Gasteiger partial charge < -0.3 is 10.2 Å². The summed E-state index contributed by atoms with van der Waals surface area (Å²) in [6, 6.07) is 13.4. The smallest absolute Gasteiger partial charge is 0.262 e. The second-order valence-electron chi connectivity index (χ2n) is 7.42. The standard InChI is InChI=1S/C23H27N3O3/c1-5-25(6-2)17-13-11-16(12-14-17)24-21(27)20(15(3)4)26-22(28)18-9-7-8-10-19(18)23(26)29/h7-15,20H,5-6H2,1-4H3,(H,24,27)/t20-/m0/s1. The number of imide groups is 1. The first kappa shape index (κ1) is 20.6. The maximum Gasteiger partial charge on any atom is 0.262 e. The Kier molecular flexibility index (Phi) is 6.01. The lowest BCUT2D eigenvalue weighted by atomic mass is 10.0. The van der Waals surface area contributed by atoms with Crippen LogP contribution in [0.5, 0.6) is 0 Å².